The molecule has 1 aliphatic rings. The normalized spacial score (nSPS) is 13.2. The average Bonchev–Trinajstić information content (AvgIpc) is 3.30. The molecule has 0 aliphatic heterocycles. The van der Waals surface area contributed by atoms with E-state index >= 15 is 0 Å². The van der Waals surface area contributed by atoms with E-state index in [1.54, 1.807) is 0 Å². The van der Waals surface area contributed by atoms with Crippen molar-refractivity contribution in [1.82, 2.24) is 10.6 Å². The minimum Gasteiger partial charge on any atom is -0.480 e. The Morgan fingerprint density at radius 1 is 0.795 bits per heavy atom. The van der Waals surface area contributed by atoms with Crippen molar-refractivity contribution >= 4 is 32.3 Å². The molecule has 3 N–H and O–H groups in total. The first-order valence-corrected chi connectivity index (χ1v) is 18.6. The molecule has 234 valence electrons. The average molecular weight is 639 g/mol. The van der Waals surface area contributed by atoms with Crippen molar-refractivity contribution in [3.63, 3.8) is 0 Å². The zero-order valence-electron chi connectivity index (χ0n) is 24.7. The minimum absolute atomic E-state index is 0.00184. The number of carbonyl (C=O) groups is 3. The van der Waals surface area contributed by atoms with Gasteiger partial charge in [-0.15, -0.1) is 26.3 Å². The summed E-state index contributed by atoms with van der Waals surface area (Å²) in [4.78, 5) is 37.8. The van der Waals surface area contributed by atoms with Crippen molar-refractivity contribution in [2.75, 3.05) is 31.3 Å². The number of nitrogens with one attached hydrogen (secondary N) is 2. The molecule has 0 aromatic heterocycles. The maximum Gasteiger partial charge on any atom is 0.407 e. The number of hydrogen-bond acceptors (Lipinski definition) is 6. The highest BCUT2D eigenvalue weighted by molar-refractivity contribution is 7.82. The number of fused-ring (bicyclic) bond motifs is 3. The first-order chi connectivity index (χ1) is 21.0. The van der Waals surface area contributed by atoms with Crippen LogP contribution in [0.3, 0.4) is 0 Å². The van der Waals surface area contributed by atoms with Crippen LogP contribution >= 0.6 is 14.3 Å². The third-order valence-electron chi connectivity index (χ3n) is 7.53. The molecule has 2 amide bonds. The largest absolute Gasteiger partial charge is 0.480 e. The number of rotatable bonds is 18. The molecule has 11 heteroatoms. The van der Waals surface area contributed by atoms with Gasteiger partial charge in [-0.3, -0.25) is 4.79 Å². The monoisotopic (exact) mass is 638 g/mol. The van der Waals surface area contributed by atoms with E-state index in [-0.39, 0.29) is 50.0 Å². The molecule has 2 aromatic rings. The Bertz CT molecular complexity index is 1410. The van der Waals surface area contributed by atoms with Crippen LogP contribution in [-0.2, 0) is 23.5 Å². The van der Waals surface area contributed by atoms with E-state index in [2.05, 4.69) is 36.9 Å². The minimum atomic E-state index is -3.35. The van der Waals surface area contributed by atoms with Crippen molar-refractivity contribution in [1.29, 1.82) is 0 Å². The molecule has 0 spiro atoms. The van der Waals surface area contributed by atoms with Crippen LogP contribution in [0.1, 0.15) is 29.9 Å². The Kier molecular flexibility index (Phi) is 12.3. The van der Waals surface area contributed by atoms with Crippen molar-refractivity contribution < 1.29 is 33.4 Å². The van der Waals surface area contributed by atoms with Gasteiger partial charge >= 0.3 is 12.1 Å². The molecule has 3 rings (SSSR count). The highest BCUT2D eigenvalue weighted by Gasteiger charge is 2.44. The summed E-state index contributed by atoms with van der Waals surface area (Å²) in [6, 6.07) is 14.2. The molecule has 0 fully saturated rings. The highest BCUT2D eigenvalue weighted by Crippen LogP contribution is 2.67. The van der Waals surface area contributed by atoms with Gasteiger partial charge in [-0.25, -0.2) is 9.59 Å². The van der Waals surface area contributed by atoms with Gasteiger partial charge < -0.3 is 29.6 Å². The molecule has 1 aliphatic carbocycles. The number of allylic oxidation sites excluding steroid dienone is 4. The molecule has 2 aromatic carbocycles. The highest BCUT2D eigenvalue weighted by atomic mass is 31.2. The smallest absolute Gasteiger partial charge is 0.407 e. The zero-order valence-corrected chi connectivity index (χ0v) is 26.5. The number of carboxylic acid groups (broad SMARTS) is 1. The van der Waals surface area contributed by atoms with Crippen LogP contribution in [-0.4, -0.2) is 65.9 Å². The van der Waals surface area contributed by atoms with E-state index in [1.807, 2.05) is 48.5 Å². The van der Waals surface area contributed by atoms with Gasteiger partial charge in [0, 0.05) is 37.0 Å². The summed E-state index contributed by atoms with van der Waals surface area (Å²) in [5, 5.41) is 14.8. The van der Waals surface area contributed by atoms with Crippen LogP contribution in [0.5, 0.6) is 0 Å². The summed E-state index contributed by atoms with van der Waals surface area (Å²) in [5.74, 6) is -2.21. The summed E-state index contributed by atoms with van der Waals surface area (Å²) in [5.41, 5.74) is 2.94. The van der Waals surface area contributed by atoms with Crippen molar-refractivity contribution in [2.24, 2.45) is 0 Å². The predicted molar refractivity (Wildman–Crippen MR) is 176 cm³/mol. The molecular weight excluding hydrogens is 598 g/mol. The van der Waals surface area contributed by atoms with Gasteiger partial charge in [0.05, 0.1) is 0 Å². The lowest BCUT2D eigenvalue weighted by Gasteiger charge is -2.33. The SMILES string of the molecule is C=CCP(=O)(CC=C)C(NC(=O)CC[C@H](NC(=O)OCC1c2ccccc2-c2ccccc21)C(=O)O)P(=O)(CC=C)CC=C. The lowest BCUT2D eigenvalue weighted by atomic mass is 9.98. The quantitative estimate of drug-likeness (QED) is 0.123. The molecule has 0 bridgehead atoms. The number of ether oxygens (including phenoxy) is 1. The van der Waals surface area contributed by atoms with E-state index < -0.39 is 43.8 Å². The van der Waals surface area contributed by atoms with Crippen LogP contribution < -0.4 is 10.6 Å². The molecule has 0 saturated carbocycles. The standard InChI is InChI=1S/C33H40N2O7P2/c1-5-19-43(40,20-6-2)33(44(41,21-7-3)22-8-4)35-30(36)18-17-29(31(37)38)34-32(39)42-23-28-26-15-11-9-13-24(26)25-14-10-12-16-27(25)28/h5-16,28-29,33H,1-4,17-23H2,(H,34,39)(H,35,36)(H,37,38)/t29-/m0/s1. The number of alkyl carbamates (subject to hydrolysis) is 1. The van der Waals surface area contributed by atoms with Crippen LogP contribution in [0.25, 0.3) is 11.1 Å². The first-order valence-electron chi connectivity index (χ1n) is 14.3. The Morgan fingerprint density at radius 3 is 1.68 bits per heavy atom. The molecule has 44 heavy (non-hydrogen) atoms. The van der Waals surface area contributed by atoms with Gasteiger partial charge in [-0.2, -0.15) is 0 Å². The fourth-order valence-corrected chi connectivity index (χ4v) is 13.4. The van der Waals surface area contributed by atoms with Gasteiger partial charge in [-0.1, -0.05) is 72.8 Å². The summed E-state index contributed by atoms with van der Waals surface area (Å²) < 4.78 is 33.5. The number of carboxylic acids is 1. The molecule has 0 radical (unpaired) electrons. The topological polar surface area (TPSA) is 139 Å². The lowest BCUT2D eigenvalue weighted by molar-refractivity contribution is -0.139. The number of benzene rings is 2. The summed E-state index contributed by atoms with van der Waals surface area (Å²) in [6.45, 7) is 14.7. The van der Waals surface area contributed by atoms with Crippen molar-refractivity contribution in [2.45, 2.75) is 30.3 Å². The molecule has 1 atom stereocenters. The number of aliphatic carboxylic acids is 1. The van der Waals surface area contributed by atoms with Crippen molar-refractivity contribution in [3.05, 3.63) is 110 Å². The van der Waals surface area contributed by atoms with Crippen LogP contribution in [0.15, 0.2) is 99.2 Å². The zero-order chi connectivity index (χ0) is 32.3. The predicted octanol–water partition coefficient (Wildman–Crippen LogP) is 6.63. The lowest BCUT2D eigenvalue weighted by Crippen LogP contribution is -2.43. The fourth-order valence-electron chi connectivity index (χ4n) is 5.57. The molecule has 0 saturated heterocycles. The van der Waals surface area contributed by atoms with E-state index in [0.717, 1.165) is 22.3 Å². The second-order valence-corrected chi connectivity index (χ2v) is 17.3. The Hall–Kier alpha value is -3.93. The maximum atomic E-state index is 14.0. The molecular formula is C33H40N2O7P2. The van der Waals surface area contributed by atoms with Gasteiger partial charge in [0.2, 0.25) is 5.91 Å². The van der Waals surface area contributed by atoms with Gasteiger partial charge in [0.1, 0.15) is 32.5 Å². The summed E-state index contributed by atoms with van der Waals surface area (Å²) in [7, 11) is -6.70. The number of carbonyl (C=O) groups excluding carboxylic acids is 2. The third-order valence-corrected chi connectivity index (χ3v) is 15.6. The Balaban J connectivity index is 1.68. The van der Waals surface area contributed by atoms with Crippen LogP contribution in [0.4, 0.5) is 4.79 Å². The van der Waals surface area contributed by atoms with E-state index in [1.165, 1.54) is 24.3 Å². The molecule has 0 heterocycles. The number of amides is 2. The Labute approximate surface area is 258 Å². The van der Waals surface area contributed by atoms with E-state index in [9.17, 15) is 28.6 Å². The second-order valence-electron chi connectivity index (χ2n) is 10.6. The summed E-state index contributed by atoms with van der Waals surface area (Å²) >= 11 is 0. The van der Waals surface area contributed by atoms with Gasteiger partial charge in [-0.05, 0) is 28.7 Å². The third kappa shape index (κ3) is 8.16. The number of hydrogen-bond donors (Lipinski definition) is 3. The fraction of sp³-hybridized carbons (Fsp3) is 0.303. The van der Waals surface area contributed by atoms with E-state index in [4.69, 9.17) is 4.74 Å². The first kappa shape index (κ1) is 34.6. The maximum absolute atomic E-state index is 14.0. The van der Waals surface area contributed by atoms with Crippen LogP contribution in [0, 0.1) is 0 Å². The van der Waals surface area contributed by atoms with Crippen LogP contribution in [0.2, 0.25) is 0 Å². The molecule has 0 unspecified atom stereocenters. The summed E-state index contributed by atoms with van der Waals surface area (Å²) in [6.07, 6.45) is 4.32. The Morgan fingerprint density at radius 2 is 1.25 bits per heavy atom. The molecule has 9 nitrogen and oxygen atoms in total. The van der Waals surface area contributed by atoms with Crippen molar-refractivity contribution in [3.8, 4) is 11.1 Å². The van der Waals surface area contributed by atoms with Gasteiger partial charge in [0.15, 0.2) is 0 Å². The van der Waals surface area contributed by atoms with E-state index in [0.29, 0.717) is 0 Å². The second kappa shape index (κ2) is 15.7. The van der Waals surface area contributed by atoms with Gasteiger partial charge in [0.25, 0.3) is 0 Å².